The Bertz CT molecular complexity index is 640. The summed E-state index contributed by atoms with van der Waals surface area (Å²) in [5.74, 6) is 2.03. The van der Waals surface area contributed by atoms with Gasteiger partial charge >= 0.3 is 5.97 Å². The monoisotopic (exact) mass is 291 g/mol. The molecule has 1 aliphatic rings. The number of carbonyl (C=O) groups excluding carboxylic acids is 1. The fraction of sp³-hybridized carbons (Fsp3) is 0.500. The summed E-state index contributed by atoms with van der Waals surface area (Å²) in [6.07, 6.45) is 1.50. The van der Waals surface area contributed by atoms with Crippen LogP contribution in [0.25, 0.3) is 10.2 Å². The molecular formula is C14H17N3O2S. The summed E-state index contributed by atoms with van der Waals surface area (Å²) in [5, 5.41) is 2.05. The molecule has 1 saturated heterocycles. The van der Waals surface area contributed by atoms with Crippen molar-refractivity contribution in [2.45, 2.75) is 19.8 Å². The number of hydrogen-bond donors (Lipinski definition) is 0. The number of ether oxygens (including phenoxy) is 1. The maximum Gasteiger partial charge on any atom is 0.305 e. The fourth-order valence-electron chi connectivity index (χ4n) is 2.69. The zero-order valence-electron chi connectivity index (χ0n) is 11.6. The van der Waals surface area contributed by atoms with Crippen LogP contribution in [0.1, 0.15) is 18.7 Å². The molecule has 6 heteroatoms. The highest BCUT2D eigenvalue weighted by atomic mass is 32.1. The van der Waals surface area contributed by atoms with Gasteiger partial charge in [-0.1, -0.05) is 0 Å². The van der Waals surface area contributed by atoms with Crippen molar-refractivity contribution in [1.82, 2.24) is 9.97 Å². The van der Waals surface area contributed by atoms with E-state index in [9.17, 15) is 4.79 Å². The molecular weight excluding hydrogens is 274 g/mol. The van der Waals surface area contributed by atoms with Crippen LogP contribution in [0, 0.1) is 12.8 Å². The minimum Gasteiger partial charge on any atom is -0.469 e. The molecule has 3 rings (SSSR count). The van der Waals surface area contributed by atoms with Crippen molar-refractivity contribution < 1.29 is 9.53 Å². The quantitative estimate of drug-likeness (QED) is 0.813. The largest absolute Gasteiger partial charge is 0.469 e. The Morgan fingerprint density at radius 2 is 2.40 bits per heavy atom. The summed E-state index contributed by atoms with van der Waals surface area (Å²) in [7, 11) is 1.44. The van der Waals surface area contributed by atoms with Crippen LogP contribution >= 0.6 is 11.3 Å². The van der Waals surface area contributed by atoms with Gasteiger partial charge in [-0.15, -0.1) is 11.3 Å². The Morgan fingerprint density at radius 1 is 1.55 bits per heavy atom. The average Bonchev–Trinajstić information content (AvgIpc) is 3.06. The van der Waals surface area contributed by atoms with Crippen molar-refractivity contribution in [2.75, 3.05) is 25.1 Å². The number of hydrogen-bond acceptors (Lipinski definition) is 6. The first kappa shape index (κ1) is 13.3. The van der Waals surface area contributed by atoms with E-state index < -0.39 is 0 Å². The van der Waals surface area contributed by atoms with Crippen molar-refractivity contribution in [3.05, 3.63) is 17.3 Å². The Kier molecular flexibility index (Phi) is 3.56. The molecule has 0 unspecified atom stereocenters. The lowest BCUT2D eigenvalue weighted by Crippen LogP contribution is -2.22. The van der Waals surface area contributed by atoms with Crippen molar-refractivity contribution in [3.8, 4) is 0 Å². The summed E-state index contributed by atoms with van der Waals surface area (Å²) in [6.45, 7) is 3.71. The minimum absolute atomic E-state index is 0.128. The van der Waals surface area contributed by atoms with Gasteiger partial charge in [-0.2, -0.15) is 0 Å². The molecule has 0 radical (unpaired) electrons. The van der Waals surface area contributed by atoms with Crippen LogP contribution in [-0.4, -0.2) is 36.1 Å². The van der Waals surface area contributed by atoms with Gasteiger partial charge in [-0.3, -0.25) is 4.79 Å². The molecule has 5 nitrogen and oxygen atoms in total. The third-order valence-electron chi connectivity index (χ3n) is 3.67. The van der Waals surface area contributed by atoms with E-state index in [-0.39, 0.29) is 5.97 Å². The Morgan fingerprint density at radius 3 is 3.20 bits per heavy atom. The van der Waals surface area contributed by atoms with Gasteiger partial charge in [0.2, 0.25) is 0 Å². The first-order valence-corrected chi connectivity index (χ1v) is 7.59. The Balaban J connectivity index is 1.82. The Hall–Kier alpha value is -1.69. The number of thiophene rings is 1. The third kappa shape index (κ3) is 2.47. The van der Waals surface area contributed by atoms with Crippen molar-refractivity contribution in [2.24, 2.45) is 5.92 Å². The third-order valence-corrected chi connectivity index (χ3v) is 4.57. The van der Waals surface area contributed by atoms with Gasteiger partial charge in [-0.25, -0.2) is 9.97 Å². The summed E-state index contributed by atoms with van der Waals surface area (Å²) in [5.41, 5.74) is 1.01. The van der Waals surface area contributed by atoms with E-state index >= 15 is 0 Å². The molecule has 0 spiro atoms. The van der Waals surface area contributed by atoms with Crippen molar-refractivity contribution in [3.63, 3.8) is 0 Å². The van der Waals surface area contributed by atoms with Gasteiger partial charge < -0.3 is 9.64 Å². The van der Waals surface area contributed by atoms with Crippen LogP contribution in [-0.2, 0) is 9.53 Å². The molecule has 1 aliphatic heterocycles. The second kappa shape index (κ2) is 5.36. The number of nitrogens with zero attached hydrogens (tertiary/aromatic N) is 3. The van der Waals surface area contributed by atoms with Gasteiger partial charge in [0.1, 0.15) is 11.6 Å². The van der Waals surface area contributed by atoms with Crippen LogP contribution in [0.15, 0.2) is 11.4 Å². The number of carbonyl (C=O) groups is 1. The highest BCUT2D eigenvalue weighted by Gasteiger charge is 2.27. The first-order chi connectivity index (χ1) is 9.67. The van der Waals surface area contributed by atoms with Crippen LogP contribution in [0.3, 0.4) is 0 Å². The highest BCUT2D eigenvalue weighted by molar-refractivity contribution is 7.17. The predicted molar refractivity (Wildman–Crippen MR) is 79.1 cm³/mol. The standard InChI is InChI=1S/C14H17N3O2S/c1-9-15-11-4-6-20-13(11)14(16-9)17-5-3-10(8-17)7-12(18)19-2/h4,6,10H,3,5,7-8H2,1-2H3/t10-/m0/s1. The SMILES string of the molecule is COC(=O)C[C@@H]1CCN(c2nc(C)nc3ccsc23)C1. The normalized spacial score (nSPS) is 18.7. The smallest absolute Gasteiger partial charge is 0.305 e. The number of fused-ring (bicyclic) bond motifs is 1. The van der Waals surface area contributed by atoms with Gasteiger partial charge in [0.15, 0.2) is 0 Å². The van der Waals surface area contributed by atoms with Crippen LogP contribution in [0.5, 0.6) is 0 Å². The molecule has 0 bridgehead atoms. The first-order valence-electron chi connectivity index (χ1n) is 6.71. The topological polar surface area (TPSA) is 55.3 Å². The Labute approximate surface area is 121 Å². The lowest BCUT2D eigenvalue weighted by atomic mass is 10.1. The summed E-state index contributed by atoms with van der Waals surface area (Å²) >= 11 is 1.67. The average molecular weight is 291 g/mol. The van der Waals surface area contributed by atoms with Gasteiger partial charge in [0.05, 0.1) is 23.7 Å². The zero-order valence-corrected chi connectivity index (χ0v) is 12.4. The van der Waals surface area contributed by atoms with E-state index in [1.807, 2.05) is 18.4 Å². The molecule has 0 amide bonds. The van der Waals surface area contributed by atoms with Gasteiger partial charge in [0, 0.05) is 13.1 Å². The number of methoxy groups -OCH3 is 1. The maximum atomic E-state index is 11.4. The molecule has 20 heavy (non-hydrogen) atoms. The number of aryl methyl sites for hydroxylation is 1. The molecule has 2 aromatic heterocycles. The summed E-state index contributed by atoms with van der Waals surface area (Å²) < 4.78 is 5.88. The highest BCUT2D eigenvalue weighted by Crippen LogP contribution is 2.32. The van der Waals surface area contributed by atoms with E-state index in [2.05, 4.69) is 14.9 Å². The molecule has 0 aromatic carbocycles. The molecule has 1 fully saturated rings. The molecule has 3 heterocycles. The number of anilines is 1. The van der Waals surface area contributed by atoms with E-state index in [1.165, 1.54) is 7.11 Å². The lowest BCUT2D eigenvalue weighted by Gasteiger charge is -2.18. The predicted octanol–water partition coefficient (Wildman–Crippen LogP) is 2.39. The lowest BCUT2D eigenvalue weighted by molar-refractivity contribution is -0.141. The molecule has 0 saturated carbocycles. The van der Waals surface area contributed by atoms with E-state index in [0.29, 0.717) is 12.3 Å². The second-order valence-corrected chi connectivity index (χ2v) is 6.03. The van der Waals surface area contributed by atoms with Gasteiger partial charge in [-0.05, 0) is 30.7 Å². The van der Waals surface area contributed by atoms with E-state index in [1.54, 1.807) is 11.3 Å². The second-order valence-electron chi connectivity index (χ2n) is 5.11. The summed E-state index contributed by atoms with van der Waals surface area (Å²) in [4.78, 5) is 22.7. The van der Waals surface area contributed by atoms with Crippen molar-refractivity contribution in [1.29, 1.82) is 0 Å². The van der Waals surface area contributed by atoms with Crippen LogP contribution in [0.4, 0.5) is 5.82 Å². The molecule has 1 atom stereocenters. The van der Waals surface area contributed by atoms with E-state index in [4.69, 9.17) is 4.74 Å². The van der Waals surface area contributed by atoms with Crippen molar-refractivity contribution >= 4 is 33.3 Å². The van der Waals surface area contributed by atoms with Gasteiger partial charge in [0.25, 0.3) is 0 Å². The molecule has 0 aliphatic carbocycles. The fourth-order valence-corrected chi connectivity index (χ4v) is 3.53. The number of rotatable bonds is 3. The molecule has 106 valence electrons. The van der Waals surface area contributed by atoms with E-state index in [0.717, 1.165) is 41.4 Å². The van der Waals surface area contributed by atoms with Crippen LogP contribution in [0.2, 0.25) is 0 Å². The number of aromatic nitrogens is 2. The zero-order chi connectivity index (χ0) is 14.1. The molecule has 0 N–H and O–H groups in total. The maximum absolute atomic E-state index is 11.4. The number of esters is 1. The van der Waals surface area contributed by atoms with Crippen LogP contribution < -0.4 is 4.90 Å². The minimum atomic E-state index is -0.128. The molecule has 2 aromatic rings. The summed E-state index contributed by atoms with van der Waals surface area (Å²) in [6, 6.07) is 2.03.